The van der Waals surface area contributed by atoms with Crippen molar-refractivity contribution >= 4 is 5.91 Å². The van der Waals surface area contributed by atoms with Crippen LogP contribution in [0.25, 0.3) is 0 Å². The van der Waals surface area contributed by atoms with Crippen molar-refractivity contribution in [1.29, 1.82) is 0 Å². The molecule has 1 saturated heterocycles. The van der Waals surface area contributed by atoms with Gasteiger partial charge < -0.3 is 15.0 Å². The molecular formula is C15H23N3O2. The molecule has 1 unspecified atom stereocenters. The lowest BCUT2D eigenvalue weighted by molar-refractivity contribution is -0.136. The molecule has 0 radical (unpaired) electrons. The highest BCUT2D eigenvalue weighted by atomic mass is 16.5. The van der Waals surface area contributed by atoms with Gasteiger partial charge >= 0.3 is 0 Å². The number of nitrogens with one attached hydrogen (secondary N) is 1. The molecule has 20 heavy (non-hydrogen) atoms. The van der Waals surface area contributed by atoms with Gasteiger partial charge in [0.15, 0.2) is 0 Å². The number of pyridine rings is 1. The van der Waals surface area contributed by atoms with E-state index in [2.05, 4.69) is 17.2 Å². The first-order valence-electron chi connectivity index (χ1n) is 7.13. The summed E-state index contributed by atoms with van der Waals surface area (Å²) in [5.74, 6) is 0.0909. The molecule has 2 heterocycles. The Balaban J connectivity index is 1.78. The van der Waals surface area contributed by atoms with E-state index < -0.39 is 0 Å². The van der Waals surface area contributed by atoms with Crippen molar-refractivity contribution in [2.75, 3.05) is 26.8 Å². The number of amides is 1. The first-order valence-corrected chi connectivity index (χ1v) is 7.13. The highest BCUT2D eigenvalue weighted by Crippen LogP contribution is 2.16. The third-order valence-electron chi connectivity index (χ3n) is 3.81. The van der Waals surface area contributed by atoms with Crippen LogP contribution in [-0.4, -0.2) is 48.6 Å². The first-order chi connectivity index (χ1) is 9.70. The molecule has 1 aliphatic heterocycles. The number of carbonyl (C=O) groups is 1. The Hall–Kier alpha value is -1.46. The Morgan fingerprint density at radius 2 is 2.10 bits per heavy atom. The van der Waals surface area contributed by atoms with Crippen molar-refractivity contribution in [1.82, 2.24) is 15.2 Å². The van der Waals surface area contributed by atoms with Gasteiger partial charge in [-0.1, -0.05) is 0 Å². The van der Waals surface area contributed by atoms with Gasteiger partial charge in [0.2, 0.25) is 5.91 Å². The minimum atomic E-state index is 0.0909. The van der Waals surface area contributed by atoms with E-state index in [1.165, 1.54) is 5.56 Å². The summed E-state index contributed by atoms with van der Waals surface area (Å²) < 4.78 is 4.89. The van der Waals surface area contributed by atoms with Gasteiger partial charge in [0.1, 0.15) is 6.61 Å². The molecule has 1 fully saturated rings. The van der Waals surface area contributed by atoms with Gasteiger partial charge in [-0.2, -0.15) is 0 Å². The van der Waals surface area contributed by atoms with Crippen LogP contribution in [0.15, 0.2) is 24.5 Å². The summed E-state index contributed by atoms with van der Waals surface area (Å²) in [6.45, 7) is 3.97. The van der Waals surface area contributed by atoms with Crippen molar-refractivity contribution in [3.05, 3.63) is 30.1 Å². The zero-order chi connectivity index (χ0) is 14.4. The molecule has 0 bridgehead atoms. The van der Waals surface area contributed by atoms with E-state index in [0.717, 1.165) is 25.9 Å². The average molecular weight is 277 g/mol. The lowest BCUT2D eigenvalue weighted by Gasteiger charge is -2.34. The zero-order valence-electron chi connectivity index (χ0n) is 12.2. The maximum Gasteiger partial charge on any atom is 0.248 e. The number of piperidine rings is 1. The smallest absolute Gasteiger partial charge is 0.248 e. The summed E-state index contributed by atoms with van der Waals surface area (Å²) in [6.07, 6.45) is 5.62. The van der Waals surface area contributed by atoms with Crippen molar-refractivity contribution in [2.45, 2.75) is 31.8 Å². The average Bonchev–Trinajstić information content (AvgIpc) is 2.49. The molecule has 2 rings (SSSR count). The number of ether oxygens (including phenoxy) is 1. The lowest BCUT2D eigenvalue weighted by atomic mass is 10.0. The Labute approximate surface area is 120 Å². The van der Waals surface area contributed by atoms with E-state index in [1.54, 1.807) is 7.11 Å². The lowest BCUT2D eigenvalue weighted by Crippen LogP contribution is -2.46. The number of likely N-dealkylation sites (tertiary alicyclic amines) is 1. The zero-order valence-corrected chi connectivity index (χ0v) is 12.2. The van der Waals surface area contributed by atoms with E-state index >= 15 is 0 Å². The second kappa shape index (κ2) is 7.36. The molecule has 0 spiro atoms. The van der Waals surface area contributed by atoms with Gasteiger partial charge in [-0.05, 0) is 37.5 Å². The second-order valence-corrected chi connectivity index (χ2v) is 5.26. The van der Waals surface area contributed by atoms with Crippen LogP contribution >= 0.6 is 0 Å². The topological polar surface area (TPSA) is 54.5 Å². The first kappa shape index (κ1) is 14.9. The minimum absolute atomic E-state index is 0.0909. The number of nitrogens with zero attached hydrogens (tertiary/aromatic N) is 2. The van der Waals surface area contributed by atoms with E-state index in [1.807, 2.05) is 29.4 Å². The Kier molecular flexibility index (Phi) is 5.49. The molecule has 1 aromatic rings. The van der Waals surface area contributed by atoms with Gasteiger partial charge in [0.25, 0.3) is 0 Å². The standard InChI is InChI=1S/C15H23N3O2/c1-12(13-3-7-16-8-4-13)17-14-5-9-18(10-6-14)15(19)11-20-2/h3-4,7-8,12,14,17H,5-6,9-11H2,1-2H3. The normalized spacial score (nSPS) is 18.0. The highest BCUT2D eigenvalue weighted by Gasteiger charge is 2.23. The van der Waals surface area contributed by atoms with Gasteiger partial charge in [-0.3, -0.25) is 9.78 Å². The Bertz CT molecular complexity index is 416. The monoisotopic (exact) mass is 277 g/mol. The number of hydrogen-bond donors (Lipinski definition) is 1. The van der Waals surface area contributed by atoms with Crippen LogP contribution in [-0.2, 0) is 9.53 Å². The summed E-state index contributed by atoms with van der Waals surface area (Å²) in [6, 6.07) is 4.85. The summed E-state index contributed by atoms with van der Waals surface area (Å²) >= 11 is 0. The largest absolute Gasteiger partial charge is 0.375 e. The molecule has 5 heteroatoms. The number of hydrogen-bond acceptors (Lipinski definition) is 4. The van der Waals surface area contributed by atoms with Crippen LogP contribution in [0.4, 0.5) is 0 Å². The maximum absolute atomic E-state index is 11.7. The van der Waals surface area contributed by atoms with Crippen molar-refractivity contribution < 1.29 is 9.53 Å². The van der Waals surface area contributed by atoms with Gasteiger partial charge in [0, 0.05) is 44.7 Å². The Morgan fingerprint density at radius 3 is 2.70 bits per heavy atom. The number of rotatable bonds is 5. The molecule has 1 N–H and O–H groups in total. The number of carbonyl (C=O) groups excluding carboxylic acids is 1. The molecule has 0 aliphatic carbocycles. The molecule has 1 aliphatic rings. The van der Waals surface area contributed by atoms with E-state index in [4.69, 9.17) is 4.74 Å². The third kappa shape index (κ3) is 4.02. The molecule has 5 nitrogen and oxygen atoms in total. The minimum Gasteiger partial charge on any atom is -0.375 e. The molecule has 0 saturated carbocycles. The van der Waals surface area contributed by atoms with Crippen LogP contribution in [0.3, 0.4) is 0 Å². The van der Waals surface area contributed by atoms with Crippen molar-refractivity contribution in [2.24, 2.45) is 0 Å². The number of aromatic nitrogens is 1. The fourth-order valence-corrected chi connectivity index (χ4v) is 2.61. The van der Waals surface area contributed by atoms with Crippen LogP contribution < -0.4 is 5.32 Å². The van der Waals surface area contributed by atoms with E-state index in [0.29, 0.717) is 12.1 Å². The van der Waals surface area contributed by atoms with Crippen molar-refractivity contribution in [3.63, 3.8) is 0 Å². The number of methoxy groups -OCH3 is 1. The fourth-order valence-electron chi connectivity index (χ4n) is 2.61. The quantitative estimate of drug-likeness (QED) is 0.883. The van der Waals surface area contributed by atoms with Gasteiger partial charge in [0.05, 0.1) is 0 Å². The fraction of sp³-hybridized carbons (Fsp3) is 0.600. The predicted octanol–water partition coefficient (Wildman–Crippen LogP) is 1.37. The van der Waals surface area contributed by atoms with Gasteiger partial charge in [-0.25, -0.2) is 0 Å². The Morgan fingerprint density at radius 1 is 1.45 bits per heavy atom. The third-order valence-corrected chi connectivity index (χ3v) is 3.81. The van der Waals surface area contributed by atoms with Crippen LogP contribution in [0.1, 0.15) is 31.4 Å². The molecule has 1 atom stereocenters. The molecule has 0 aromatic carbocycles. The van der Waals surface area contributed by atoms with Crippen LogP contribution in [0.2, 0.25) is 0 Å². The molecular weight excluding hydrogens is 254 g/mol. The van der Waals surface area contributed by atoms with E-state index in [-0.39, 0.29) is 12.5 Å². The second-order valence-electron chi connectivity index (χ2n) is 5.26. The summed E-state index contributed by atoms with van der Waals surface area (Å²) in [7, 11) is 1.56. The summed E-state index contributed by atoms with van der Waals surface area (Å²) in [5.41, 5.74) is 1.25. The van der Waals surface area contributed by atoms with Crippen LogP contribution in [0, 0.1) is 0 Å². The molecule has 110 valence electrons. The summed E-state index contributed by atoms with van der Waals surface area (Å²) in [4.78, 5) is 17.6. The maximum atomic E-state index is 11.7. The van der Waals surface area contributed by atoms with Crippen molar-refractivity contribution in [3.8, 4) is 0 Å². The predicted molar refractivity (Wildman–Crippen MR) is 77.3 cm³/mol. The van der Waals surface area contributed by atoms with Crippen LogP contribution in [0.5, 0.6) is 0 Å². The molecule has 1 aromatic heterocycles. The van der Waals surface area contributed by atoms with E-state index in [9.17, 15) is 4.79 Å². The van der Waals surface area contributed by atoms with Gasteiger partial charge in [-0.15, -0.1) is 0 Å². The highest BCUT2D eigenvalue weighted by molar-refractivity contribution is 5.77. The SMILES string of the molecule is COCC(=O)N1CCC(NC(C)c2ccncc2)CC1. The summed E-state index contributed by atoms with van der Waals surface area (Å²) in [5, 5.41) is 3.63. The molecule has 1 amide bonds.